The van der Waals surface area contributed by atoms with Crippen LogP contribution in [-0.4, -0.2) is 59.4 Å². The molecule has 2 saturated heterocycles. The third-order valence-electron chi connectivity index (χ3n) is 7.46. The number of nitrogens with one attached hydrogen (secondary N) is 1. The minimum absolute atomic E-state index is 0.0162. The molecule has 7 heteroatoms. The molecule has 2 fully saturated rings. The van der Waals surface area contributed by atoms with Crippen molar-refractivity contribution >= 4 is 29.1 Å². The summed E-state index contributed by atoms with van der Waals surface area (Å²) < 4.78 is 0. The van der Waals surface area contributed by atoms with Gasteiger partial charge < -0.3 is 20.0 Å². The van der Waals surface area contributed by atoms with Crippen molar-refractivity contribution < 1.29 is 14.4 Å². The Balaban J connectivity index is 1.32. The fourth-order valence-electron chi connectivity index (χ4n) is 5.36. The van der Waals surface area contributed by atoms with E-state index in [1.807, 2.05) is 89.8 Å². The Labute approximate surface area is 217 Å². The van der Waals surface area contributed by atoms with E-state index in [2.05, 4.69) is 17.1 Å². The van der Waals surface area contributed by atoms with Crippen molar-refractivity contribution in [3.05, 3.63) is 96.1 Å². The number of piperidine rings is 1. The highest BCUT2D eigenvalue weighted by Gasteiger charge is 2.54. The third kappa shape index (κ3) is 4.94. The molecule has 2 aliphatic heterocycles. The van der Waals surface area contributed by atoms with Crippen LogP contribution in [0.25, 0.3) is 0 Å². The van der Waals surface area contributed by atoms with Crippen molar-refractivity contribution in [2.75, 3.05) is 36.5 Å². The lowest BCUT2D eigenvalue weighted by atomic mass is 9.85. The Kier molecular flexibility index (Phi) is 6.95. The number of para-hydroxylation sites is 1. The SMILES string of the molecule is CCc1ccc(NC(=O)CN2CN(c3ccccc3)C3(CCN(C(=O)c4ccccc4)CC3)C2=O)cc1. The fourth-order valence-corrected chi connectivity index (χ4v) is 5.36. The summed E-state index contributed by atoms with van der Waals surface area (Å²) in [6.07, 6.45) is 1.95. The fraction of sp³-hybridized carbons (Fsp3) is 0.300. The molecule has 1 N–H and O–H groups in total. The summed E-state index contributed by atoms with van der Waals surface area (Å²) >= 11 is 0. The molecule has 2 aliphatic rings. The second kappa shape index (κ2) is 10.5. The Morgan fingerprint density at radius 3 is 2.11 bits per heavy atom. The highest BCUT2D eigenvalue weighted by Crippen LogP contribution is 2.39. The van der Waals surface area contributed by atoms with Crippen LogP contribution in [-0.2, 0) is 16.0 Å². The number of nitrogens with zero attached hydrogens (tertiary/aromatic N) is 3. The van der Waals surface area contributed by atoms with Gasteiger partial charge >= 0.3 is 0 Å². The zero-order valence-electron chi connectivity index (χ0n) is 21.1. The molecule has 37 heavy (non-hydrogen) atoms. The largest absolute Gasteiger partial charge is 0.339 e. The lowest BCUT2D eigenvalue weighted by Crippen LogP contribution is -2.57. The standard InChI is InChI=1S/C30H32N4O3/c1-2-23-13-15-25(16-14-23)31-27(35)21-33-22-34(26-11-7-4-8-12-26)30(29(33)37)17-19-32(20-18-30)28(36)24-9-5-3-6-10-24/h3-16H,2,17-22H2,1H3,(H,31,35). The highest BCUT2D eigenvalue weighted by atomic mass is 16.2. The number of amides is 3. The van der Waals surface area contributed by atoms with Crippen LogP contribution in [0.15, 0.2) is 84.9 Å². The average Bonchev–Trinajstić information content (AvgIpc) is 3.20. The maximum absolute atomic E-state index is 13.9. The predicted molar refractivity (Wildman–Crippen MR) is 144 cm³/mol. The molecule has 2 heterocycles. The van der Waals surface area contributed by atoms with Gasteiger partial charge in [0.15, 0.2) is 0 Å². The van der Waals surface area contributed by atoms with Crippen LogP contribution in [0, 0.1) is 0 Å². The lowest BCUT2D eigenvalue weighted by Gasteiger charge is -2.43. The van der Waals surface area contributed by atoms with E-state index in [4.69, 9.17) is 0 Å². The number of hydrogen-bond acceptors (Lipinski definition) is 4. The summed E-state index contributed by atoms with van der Waals surface area (Å²) in [5, 5.41) is 2.92. The highest BCUT2D eigenvalue weighted by molar-refractivity contribution is 6.00. The Hall–Kier alpha value is -4.13. The molecule has 5 rings (SSSR count). The molecular formula is C30H32N4O3. The molecule has 0 unspecified atom stereocenters. The lowest BCUT2D eigenvalue weighted by molar-refractivity contribution is -0.136. The molecule has 0 bridgehead atoms. The van der Waals surface area contributed by atoms with Crippen LogP contribution in [0.1, 0.15) is 35.7 Å². The molecule has 190 valence electrons. The second-order valence-electron chi connectivity index (χ2n) is 9.70. The molecular weight excluding hydrogens is 464 g/mol. The van der Waals surface area contributed by atoms with Crippen LogP contribution >= 0.6 is 0 Å². The molecule has 0 saturated carbocycles. The van der Waals surface area contributed by atoms with Gasteiger partial charge in [0, 0.05) is 30.0 Å². The number of carbonyl (C=O) groups is 3. The van der Waals surface area contributed by atoms with E-state index in [0.717, 1.165) is 17.8 Å². The molecule has 0 aromatic heterocycles. The Morgan fingerprint density at radius 1 is 0.865 bits per heavy atom. The number of anilines is 2. The van der Waals surface area contributed by atoms with E-state index >= 15 is 0 Å². The number of benzene rings is 3. The van der Waals surface area contributed by atoms with E-state index in [-0.39, 0.29) is 24.3 Å². The summed E-state index contributed by atoms with van der Waals surface area (Å²) in [6, 6.07) is 26.9. The van der Waals surface area contributed by atoms with E-state index in [0.29, 0.717) is 38.2 Å². The van der Waals surface area contributed by atoms with Crippen molar-refractivity contribution in [3.8, 4) is 0 Å². The topological polar surface area (TPSA) is 73.0 Å². The number of rotatable bonds is 6. The van der Waals surface area contributed by atoms with Crippen LogP contribution in [0.5, 0.6) is 0 Å². The average molecular weight is 497 g/mol. The van der Waals surface area contributed by atoms with Crippen molar-refractivity contribution in [1.82, 2.24) is 9.80 Å². The first-order chi connectivity index (χ1) is 18.0. The number of aryl methyl sites for hydroxylation is 1. The Morgan fingerprint density at radius 2 is 1.49 bits per heavy atom. The van der Waals surface area contributed by atoms with E-state index in [1.54, 1.807) is 4.90 Å². The molecule has 3 aromatic rings. The van der Waals surface area contributed by atoms with E-state index < -0.39 is 5.54 Å². The minimum Gasteiger partial charge on any atom is -0.339 e. The first-order valence-electron chi connectivity index (χ1n) is 12.9. The summed E-state index contributed by atoms with van der Waals surface area (Å²) in [4.78, 5) is 45.4. The summed E-state index contributed by atoms with van der Waals surface area (Å²) in [5.41, 5.74) is 2.73. The maximum Gasteiger partial charge on any atom is 0.253 e. The molecule has 3 amide bonds. The zero-order chi connectivity index (χ0) is 25.8. The van der Waals surface area contributed by atoms with Crippen LogP contribution in [0.2, 0.25) is 0 Å². The monoisotopic (exact) mass is 496 g/mol. The molecule has 7 nitrogen and oxygen atoms in total. The second-order valence-corrected chi connectivity index (χ2v) is 9.70. The third-order valence-corrected chi connectivity index (χ3v) is 7.46. The van der Waals surface area contributed by atoms with Crippen molar-refractivity contribution in [2.45, 2.75) is 31.7 Å². The molecule has 1 spiro atoms. The van der Waals surface area contributed by atoms with Gasteiger partial charge in [-0.3, -0.25) is 14.4 Å². The summed E-state index contributed by atoms with van der Waals surface area (Å²) in [5.74, 6) is -0.295. The zero-order valence-corrected chi connectivity index (χ0v) is 21.1. The quantitative estimate of drug-likeness (QED) is 0.556. The molecule has 0 aliphatic carbocycles. The van der Waals surface area contributed by atoms with Gasteiger partial charge in [-0.05, 0) is 61.2 Å². The Bertz CT molecular complexity index is 1250. The first kappa shape index (κ1) is 24.6. The van der Waals surface area contributed by atoms with E-state index in [1.165, 1.54) is 5.56 Å². The van der Waals surface area contributed by atoms with Gasteiger partial charge in [0.25, 0.3) is 11.8 Å². The maximum atomic E-state index is 13.9. The van der Waals surface area contributed by atoms with Gasteiger partial charge in [-0.25, -0.2) is 0 Å². The van der Waals surface area contributed by atoms with E-state index in [9.17, 15) is 14.4 Å². The molecule has 3 aromatic carbocycles. The molecule has 0 radical (unpaired) electrons. The number of likely N-dealkylation sites (tertiary alicyclic amines) is 1. The van der Waals surface area contributed by atoms with Gasteiger partial charge in [0.1, 0.15) is 12.1 Å². The van der Waals surface area contributed by atoms with Crippen LogP contribution in [0.3, 0.4) is 0 Å². The van der Waals surface area contributed by atoms with Crippen LogP contribution in [0.4, 0.5) is 11.4 Å². The number of hydrogen-bond donors (Lipinski definition) is 1. The number of carbonyl (C=O) groups excluding carboxylic acids is 3. The smallest absolute Gasteiger partial charge is 0.253 e. The normalized spacial score (nSPS) is 16.8. The summed E-state index contributed by atoms with van der Waals surface area (Å²) in [6.45, 7) is 3.35. The van der Waals surface area contributed by atoms with Gasteiger partial charge in [-0.2, -0.15) is 0 Å². The van der Waals surface area contributed by atoms with Gasteiger partial charge in [0.2, 0.25) is 5.91 Å². The van der Waals surface area contributed by atoms with Crippen molar-refractivity contribution in [3.63, 3.8) is 0 Å². The summed E-state index contributed by atoms with van der Waals surface area (Å²) in [7, 11) is 0. The van der Waals surface area contributed by atoms with Gasteiger partial charge in [-0.1, -0.05) is 55.5 Å². The predicted octanol–water partition coefficient (Wildman–Crippen LogP) is 4.17. The van der Waals surface area contributed by atoms with Crippen LogP contribution < -0.4 is 10.2 Å². The van der Waals surface area contributed by atoms with Gasteiger partial charge in [-0.15, -0.1) is 0 Å². The minimum atomic E-state index is -0.780. The van der Waals surface area contributed by atoms with Gasteiger partial charge in [0.05, 0.1) is 6.67 Å². The van der Waals surface area contributed by atoms with Crippen molar-refractivity contribution in [1.29, 1.82) is 0 Å². The van der Waals surface area contributed by atoms with Crippen molar-refractivity contribution in [2.24, 2.45) is 0 Å². The molecule has 0 atom stereocenters. The first-order valence-corrected chi connectivity index (χ1v) is 12.9.